The molecule has 0 aliphatic carbocycles. The zero-order valence-corrected chi connectivity index (χ0v) is 14.2. The van der Waals surface area contributed by atoms with Crippen molar-refractivity contribution in [3.8, 4) is 0 Å². The molecule has 1 saturated heterocycles. The molecule has 0 amide bonds. The standard InChI is InChI=1S/C15H29BO5/c1-14(2)15(3,4)21-16(20-14)10-8-12-19-11-7-9-13(17-5)18-6/h8,10,13H,7,9,11-12H2,1-6H3/b10-8+. The Hall–Kier alpha value is -0.395. The largest absolute Gasteiger partial charge is 0.486 e. The zero-order valence-electron chi connectivity index (χ0n) is 14.2. The lowest BCUT2D eigenvalue weighted by Crippen LogP contribution is -2.41. The Morgan fingerprint density at radius 2 is 1.62 bits per heavy atom. The van der Waals surface area contributed by atoms with Gasteiger partial charge in [0.15, 0.2) is 6.29 Å². The summed E-state index contributed by atoms with van der Waals surface area (Å²) in [6.45, 7) is 9.39. The van der Waals surface area contributed by atoms with E-state index in [-0.39, 0.29) is 24.6 Å². The highest BCUT2D eigenvalue weighted by Crippen LogP contribution is 2.36. The maximum atomic E-state index is 5.85. The first-order chi connectivity index (χ1) is 9.82. The van der Waals surface area contributed by atoms with Crippen LogP contribution in [0.5, 0.6) is 0 Å². The van der Waals surface area contributed by atoms with E-state index in [1.807, 2.05) is 39.7 Å². The van der Waals surface area contributed by atoms with Crippen LogP contribution in [0.15, 0.2) is 12.1 Å². The van der Waals surface area contributed by atoms with Crippen molar-refractivity contribution in [2.24, 2.45) is 0 Å². The van der Waals surface area contributed by atoms with Crippen molar-refractivity contribution < 1.29 is 23.5 Å². The second-order valence-corrected chi connectivity index (χ2v) is 6.17. The molecule has 0 saturated carbocycles. The van der Waals surface area contributed by atoms with Crippen LogP contribution in [-0.2, 0) is 23.5 Å². The van der Waals surface area contributed by atoms with Crippen molar-refractivity contribution in [1.82, 2.24) is 0 Å². The van der Waals surface area contributed by atoms with E-state index in [4.69, 9.17) is 23.5 Å². The molecule has 5 nitrogen and oxygen atoms in total. The second-order valence-electron chi connectivity index (χ2n) is 6.17. The van der Waals surface area contributed by atoms with Gasteiger partial charge in [0, 0.05) is 27.2 Å². The van der Waals surface area contributed by atoms with Gasteiger partial charge in [0.25, 0.3) is 0 Å². The molecule has 1 heterocycles. The normalized spacial score (nSPS) is 20.8. The molecule has 0 atom stereocenters. The van der Waals surface area contributed by atoms with Gasteiger partial charge in [-0.25, -0.2) is 0 Å². The van der Waals surface area contributed by atoms with Crippen molar-refractivity contribution in [3.05, 3.63) is 12.1 Å². The SMILES string of the molecule is COC(CCCOC/C=C/B1OC(C)(C)C(C)(C)O1)OC. The molecule has 0 N–H and O–H groups in total. The smallest absolute Gasteiger partial charge is 0.400 e. The van der Waals surface area contributed by atoms with Crippen molar-refractivity contribution in [3.63, 3.8) is 0 Å². The molecular weight excluding hydrogens is 271 g/mol. The quantitative estimate of drug-likeness (QED) is 0.372. The fourth-order valence-corrected chi connectivity index (χ4v) is 1.97. The van der Waals surface area contributed by atoms with Gasteiger partial charge in [0.05, 0.1) is 17.8 Å². The van der Waals surface area contributed by atoms with E-state index in [1.54, 1.807) is 14.2 Å². The highest BCUT2D eigenvalue weighted by molar-refractivity contribution is 6.51. The summed E-state index contributed by atoms with van der Waals surface area (Å²) in [4.78, 5) is 0. The molecule has 0 aromatic carbocycles. The van der Waals surface area contributed by atoms with Crippen LogP contribution in [0.4, 0.5) is 0 Å². The van der Waals surface area contributed by atoms with Gasteiger partial charge < -0.3 is 23.5 Å². The minimum atomic E-state index is -0.301. The van der Waals surface area contributed by atoms with Gasteiger partial charge in [0.1, 0.15) is 0 Å². The molecule has 6 heteroatoms. The lowest BCUT2D eigenvalue weighted by Gasteiger charge is -2.32. The molecule has 1 aliphatic heterocycles. The lowest BCUT2D eigenvalue weighted by molar-refractivity contribution is -0.108. The summed E-state index contributed by atoms with van der Waals surface area (Å²) in [5, 5.41) is 0. The van der Waals surface area contributed by atoms with E-state index in [0.717, 1.165) is 12.8 Å². The van der Waals surface area contributed by atoms with Crippen LogP contribution >= 0.6 is 0 Å². The Kier molecular flexibility index (Phi) is 7.37. The Morgan fingerprint density at radius 3 is 2.14 bits per heavy atom. The van der Waals surface area contributed by atoms with Gasteiger partial charge in [-0.05, 0) is 34.1 Å². The lowest BCUT2D eigenvalue weighted by atomic mass is 9.90. The molecule has 0 aromatic heterocycles. The van der Waals surface area contributed by atoms with Crippen LogP contribution in [-0.4, -0.2) is 52.0 Å². The van der Waals surface area contributed by atoms with Crippen LogP contribution in [0.1, 0.15) is 40.5 Å². The van der Waals surface area contributed by atoms with Crippen molar-refractivity contribution in [1.29, 1.82) is 0 Å². The van der Waals surface area contributed by atoms with Crippen LogP contribution in [0, 0.1) is 0 Å². The third-order valence-electron chi connectivity index (χ3n) is 4.03. The number of methoxy groups -OCH3 is 2. The van der Waals surface area contributed by atoms with Crippen LogP contribution in [0.3, 0.4) is 0 Å². The van der Waals surface area contributed by atoms with Gasteiger partial charge >= 0.3 is 7.12 Å². The molecule has 122 valence electrons. The summed E-state index contributed by atoms with van der Waals surface area (Å²) < 4.78 is 27.5. The van der Waals surface area contributed by atoms with E-state index in [1.165, 1.54) is 0 Å². The Bertz CT molecular complexity index is 310. The van der Waals surface area contributed by atoms with Gasteiger partial charge in [0.2, 0.25) is 0 Å². The fraction of sp³-hybridized carbons (Fsp3) is 0.867. The average molecular weight is 300 g/mol. The predicted molar refractivity (Wildman–Crippen MR) is 83.1 cm³/mol. The van der Waals surface area contributed by atoms with E-state index in [2.05, 4.69) is 0 Å². The molecule has 0 aromatic rings. The summed E-state index contributed by atoms with van der Waals surface area (Å²) in [5.74, 6) is 1.91. The summed E-state index contributed by atoms with van der Waals surface area (Å²) in [6, 6.07) is 0. The monoisotopic (exact) mass is 300 g/mol. The first-order valence-corrected chi connectivity index (χ1v) is 7.48. The maximum Gasteiger partial charge on any atom is 0.486 e. The highest BCUT2D eigenvalue weighted by atomic mass is 16.7. The molecule has 1 fully saturated rings. The molecule has 0 spiro atoms. The number of hydrogen-bond acceptors (Lipinski definition) is 5. The van der Waals surface area contributed by atoms with Gasteiger partial charge in [-0.3, -0.25) is 0 Å². The fourth-order valence-electron chi connectivity index (χ4n) is 1.97. The zero-order chi connectivity index (χ0) is 15.9. The van der Waals surface area contributed by atoms with E-state index < -0.39 is 0 Å². The number of rotatable bonds is 9. The highest BCUT2D eigenvalue weighted by Gasteiger charge is 2.49. The molecule has 0 unspecified atom stereocenters. The van der Waals surface area contributed by atoms with Crippen molar-refractivity contribution >= 4 is 7.12 Å². The van der Waals surface area contributed by atoms with Crippen LogP contribution < -0.4 is 0 Å². The molecule has 21 heavy (non-hydrogen) atoms. The minimum Gasteiger partial charge on any atom is -0.400 e. The second kappa shape index (κ2) is 8.29. The molecule has 1 rings (SSSR count). The van der Waals surface area contributed by atoms with Crippen molar-refractivity contribution in [2.75, 3.05) is 27.4 Å². The average Bonchev–Trinajstić information content (AvgIpc) is 2.61. The Balaban J connectivity index is 2.14. The molecule has 0 bridgehead atoms. The van der Waals surface area contributed by atoms with Crippen LogP contribution in [0.2, 0.25) is 0 Å². The minimum absolute atomic E-state index is 0.145. The first-order valence-electron chi connectivity index (χ1n) is 7.48. The Labute approximate surface area is 129 Å². The molecule has 1 aliphatic rings. The van der Waals surface area contributed by atoms with E-state index in [9.17, 15) is 0 Å². The summed E-state index contributed by atoms with van der Waals surface area (Å²) in [5.41, 5.74) is -0.587. The molecular formula is C15H29BO5. The number of ether oxygens (including phenoxy) is 3. The third-order valence-corrected chi connectivity index (χ3v) is 4.03. The van der Waals surface area contributed by atoms with E-state index >= 15 is 0 Å². The van der Waals surface area contributed by atoms with Gasteiger partial charge in [-0.2, -0.15) is 0 Å². The predicted octanol–water partition coefficient (Wildman–Crippen LogP) is 2.59. The first kappa shape index (κ1) is 18.7. The summed E-state index contributed by atoms with van der Waals surface area (Å²) >= 11 is 0. The summed E-state index contributed by atoms with van der Waals surface area (Å²) in [6.07, 6.45) is 3.52. The van der Waals surface area contributed by atoms with Gasteiger partial charge in [-0.1, -0.05) is 12.1 Å². The summed E-state index contributed by atoms with van der Waals surface area (Å²) in [7, 11) is 2.98. The Morgan fingerprint density at radius 1 is 1.05 bits per heavy atom. The van der Waals surface area contributed by atoms with E-state index in [0.29, 0.717) is 13.2 Å². The van der Waals surface area contributed by atoms with Crippen LogP contribution in [0.25, 0.3) is 0 Å². The van der Waals surface area contributed by atoms with Gasteiger partial charge in [-0.15, -0.1) is 0 Å². The number of hydrogen-bond donors (Lipinski definition) is 0. The van der Waals surface area contributed by atoms with Crippen molar-refractivity contribution in [2.45, 2.75) is 58.0 Å². The topological polar surface area (TPSA) is 46.2 Å². The third kappa shape index (κ3) is 5.72. The molecule has 0 radical (unpaired) electrons. The maximum absolute atomic E-state index is 5.85.